The van der Waals surface area contributed by atoms with E-state index >= 15 is 0 Å². The summed E-state index contributed by atoms with van der Waals surface area (Å²) in [6.07, 6.45) is 12.6. The Balaban J connectivity index is 1.13. The van der Waals surface area contributed by atoms with Gasteiger partial charge in [0.1, 0.15) is 34.2 Å². The number of sulfonamides is 1. The zero-order valence-electron chi connectivity index (χ0n) is 33.2. The Morgan fingerprint density at radius 2 is 1.80 bits per heavy atom. The van der Waals surface area contributed by atoms with Crippen LogP contribution in [0.3, 0.4) is 0 Å². The third-order valence-corrected chi connectivity index (χ3v) is 14.6. The number of methoxy groups -OCH3 is 1. The number of piperidine rings is 1. The second-order valence-electron chi connectivity index (χ2n) is 16.5. The van der Waals surface area contributed by atoms with E-state index in [1.165, 1.54) is 12.0 Å². The summed E-state index contributed by atoms with van der Waals surface area (Å²) in [7, 11) is -2.38. The molecule has 2 saturated heterocycles. The number of hydrogen-bond acceptors (Lipinski definition) is 10. The molecule has 0 spiro atoms. The van der Waals surface area contributed by atoms with E-state index < -0.39 is 56.6 Å². The first kappa shape index (κ1) is 41.0. The Labute approximate surface area is 349 Å². The normalized spacial score (nSPS) is 27.1. The second kappa shape index (κ2) is 17.1. The maximum atomic E-state index is 14.9. The number of halogens is 1. The Bertz CT molecular complexity index is 2250. The molecule has 4 fully saturated rings. The summed E-state index contributed by atoms with van der Waals surface area (Å²) in [4.78, 5) is 69.7. The van der Waals surface area contributed by atoms with Gasteiger partial charge < -0.3 is 24.6 Å². The van der Waals surface area contributed by atoms with Crippen molar-refractivity contribution in [1.82, 2.24) is 29.8 Å². The van der Waals surface area contributed by atoms with Crippen LogP contribution < -0.4 is 19.5 Å². The van der Waals surface area contributed by atoms with Crippen LogP contribution in [0, 0.1) is 11.8 Å². The maximum absolute atomic E-state index is 14.9. The third-order valence-electron chi connectivity index (χ3n) is 12.4. The van der Waals surface area contributed by atoms with Crippen molar-refractivity contribution in [1.29, 1.82) is 0 Å². The van der Waals surface area contributed by atoms with Gasteiger partial charge in [-0.1, -0.05) is 42.7 Å². The van der Waals surface area contributed by atoms with Crippen molar-refractivity contribution < 1.29 is 37.1 Å². The average molecular weight is 847 g/mol. The number of carbonyl (C=O) groups excluding carboxylic acids is 4. The Morgan fingerprint density at radius 3 is 2.54 bits per heavy atom. The molecule has 16 heteroatoms. The lowest BCUT2D eigenvalue weighted by Gasteiger charge is -2.31. The van der Waals surface area contributed by atoms with Crippen molar-refractivity contribution in [2.24, 2.45) is 11.8 Å². The molecule has 8 rings (SSSR count). The molecule has 2 aromatic heterocycles. The standard InChI is InChI=1S/C43H51ClN6O8S/c1-57-35-18-17-31-36(24-33(46-39(31)38(35)44)32-14-8-9-19-45-32)58-29-23-34-40(52)47-43(42(54)48-59(55,56)30-15-16-30)25-28(43)13-7-4-2-3-6-12-27(41(53)50(34)26-29)22-37(51)49-20-10-5-11-21-49/h7-9,13-14,17-19,24,27-30,34H,2-6,10-12,15-16,20-23,25-26H2,1H3,(H,47,52)(H,48,54)/b13-7-/t27-,28-,29-,34+,43-/m1/s1. The highest BCUT2D eigenvalue weighted by Crippen LogP contribution is 2.46. The Morgan fingerprint density at radius 1 is 1.00 bits per heavy atom. The predicted octanol–water partition coefficient (Wildman–Crippen LogP) is 5.33. The number of pyridine rings is 2. The number of aromatic nitrogens is 2. The van der Waals surface area contributed by atoms with E-state index in [1.807, 2.05) is 29.2 Å². The zero-order valence-corrected chi connectivity index (χ0v) is 34.8. The van der Waals surface area contributed by atoms with Crippen LogP contribution in [0.2, 0.25) is 5.02 Å². The number of allylic oxidation sites excluding steroid dienone is 1. The summed E-state index contributed by atoms with van der Waals surface area (Å²) in [5.74, 6) is -2.01. The molecule has 0 unspecified atom stereocenters. The summed E-state index contributed by atoms with van der Waals surface area (Å²) in [6, 6.07) is 9.64. The molecular weight excluding hydrogens is 796 g/mol. The lowest BCUT2D eigenvalue weighted by molar-refractivity contribution is -0.145. The fourth-order valence-corrected chi connectivity index (χ4v) is 10.4. The molecule has 14 nitrogen and oxygen atoms in total. The third kappa shape index (κ3) is 8.77. The molecule has 2 aliphatic carbocycles. The van der Waals surface area contributed by atoms with Crippen LogP contribution in [-0.4, -0.2) is 101 Å². The van der Waals surface area contributed by atoms with Crippen LogP contribution in [0.1, 0.15) is 83.5 Å². The maximum Gasteiger partial charge on any atom is 0.259 e. The van der Waals surface area contributed by atoms with E-state index in [2.05, 4.69) is 15.0 Å². The molecule has 59 heavy (non-hydrogen) atoms. The topological polar surface area (TPSA) is 177 Å². The predicted molar refractivity (Wildman–Crippen MR) is 221 cm³/mol. The van der Waals surface area contributed by atoms with Crippen LogP contribution in [0.25, 0.3) is 22.3 Å². The zero-order chi connectivity index (χ0) is 41.3. The van der Waals surface area contributed by atoms with Gasteiger partial charge in [-0.25, -0.2) is 13.4 Å². The number of amides is 4. The van der Waals surface area contributed by atoms with Crippen molar-refractivity contribution >= 4 is 56.2 Å². The molecule has 0 radical (unpaired) electrons. The molecule has 2 saturated carbocycles. The molecule has 5 aliphatic rings. The van der Waals surface area contributed by atoms with E-state index in [4.69, 9.17) is 26.1 Å². The average Bonchev–Trinajstić information content (AvgIpc) is 4.17. The van der Waals surface area contributed by atoms with Gasteiger partial charge in [-0.05, 0) is 82.1 Å². The fourth-order valence-electron chi connectivity index (χ4n) is 8.75. The van der Waals surface area contributed by atoms with Crippen molar-refractivity contribution in [2.45, 2.75) is 106 Å². The van der Waals surface area contributed by atoms with Gasteiger partial charge in [-0.3, -0.25) is 28.9 Å². The lowest BCUT2D eigenvalue weighted by atomic mass is 9.94. The van der Waals surface area contributed by atoms with E-state index in [1.54, 1.807) is 30.5 Å². The lowest BCUT2D eigenvalue weighted by Crippen LogP contribution is -2.57. The Kier molecular flexibility index (Phi) is 11.9. The van der Waals surface area contributed by atoms with Gasteiger partial charge >= 0.3 is 0 Å². The van der Waals surface area contributed by atoms with Gasteiger partial charge in [0.25, 0.3) is 5.91 Å². The van der Waals surface area contributed by atoms with Crippen LogP contribution >= 0.6 is 11.6 Å². The number of nitrogens with one attached hydrogen (secondary N) is 2. The minimum absolute atomic E-state index is 0.0243. The van der Waals surface area contributed by atoms with Crippen LogP contribution in [0.5, 0.6) is 11.5 Å². The number of hydrogen-bond donors (Lipinski definition) is 2. The number of nitrogens with zero attached hydrogens (tertiary/aromatic N) is 4. The molecule has 0 bridgehead atoms. The smallest absolute Gasteiger partial charge is 0.259 e. The summed E-state index contributed by atoms with van der Waals surface area (Å²) >= 11 is 6.81. The van der Waals surface area contributed by atoms with Crippen molar-refractivity contribution in [3.05, 3.63) is 59.8 Å². The van der Waals surface area contributed by atoms with Crippen LogP contribution in [0.4, 0.5) is 0 Å². The molecule has 5 atom stereocenters. The highest BCUT2D eigenvalue weighted by molar-refractivity contribution is 7.91. The van der Waals surface area contributed by atoms with Crippen LogP contribution in [0.15, 0.2) is 54.7 Å². The van der Waals surface area contributed by atoms with Gasteiger partial charge in [0.15, 0.2) is 0 Å². The van der Waals surface area contributed by atoms with Gasteiger partial charge in [-0.15, -0.1) is 0 Å². The molecule has 2 N–H and O–H groups in total. The molecule has 4 amide bonds. The minimum atomic E-state index is -3.90. The largest absolute Gasteiger partial charge is 0.495 e. The fraction of sp³-hybridized carbons (Fsp3) is 0.535. The summed E-state index contributed by atoms with van der Waals surface area (Å²) in [5.41, 5.74) is -0.0117. The number of fused-ring (bicyclic) bond motifs is 3. The van der Waals surface area contributed by atoms with Crippen molar-refractivity contribution in [3.8, 4) is 22.9 Å². The van der Waals surface area contributed by atoms with Crippen LogP contribution in [-0.2, 0) is 29.2 Å². The number of carbonyl (C=O) groups is 4. The number of likely N-dealkylation sites (tertiary alicyclic amines) is 1. The van der Waals surface area contributed by atoms with Crippen molar-refractivity contribution in [2.75, 3.05) is 26.7 Å². The van der Waals surface area contributed by atoms with Crippen molar-refractivity contribution in [3.63, 3.8) is 0 Å². The molecule has 1 aromatic carbocycles. The van der Waals surface area contributed by atoms with Gasteiger partial charge in [0, 0.05) is 55.4 Å². The quantitative estimate of drug-likeness (QED) is 0.268. The SMILES string of the molecule is COc1ccc2c(O[C@@H]3C[C@H]4C(=O)N[C@]5(C(=O)NS(=O)(=O)C6CC6)C[C@H]5/C=C\CCCCC[C@H](CC(=O)N5CCCCC5)C(=O)N4C3)cc(-c3ccccn3)nc2c1Cl. The number of rotatable bonds is 9. The van der Waals surface area contributed by atoms with Gasteiger partial charge in [0.2, 0.25) is 27.7 Å². The summed E-state index contributed by atoms with van der Waals surface area (Å²) < 4.78 is 40.4. The monoisotopic (exact) mass is 846 g/mol. The van der Waals surface area contributed by atoms with Gasteiger partial charge in [-0.2, -0.15) is 0 Å². The number of ether oxygens (including phenoxy) is 2. The van der Waals surface area contributed by atoms with E-state index in [9.17, 15) is 27.6 Å². The highest BCUT2D eigenvalue weighted by atomic mass is 35.5. The van der Waals surface area contributed by atoms with E-state index in [0.29, 0.717) is 66.1 Å². The minimum Gasteiger partial charge on any atom is -0.495 e. The first-order valence-electron chi connectivity index (χ1n) is 20.9. The first-order chi connectivity index (χ1) is 28.5. The molecular formula is C43H51ClN6O8S. The summed E-state index contributed by atoms with van der Waals surface area (Å²) in [6.45, 7) is 1.35. The first-order valence-corrected chi connectivity index (χ1v) is 22.8. The van der Waals surface area contributed by atoms with Gasteiger partial charge in [0.05, 0.1) is 35.8 Å². The van der Waals surface area contributed by atoms with E-state index in [-0.39, 0.29) is 42.6 Å². The Hall–Kier alpha value is -4.76. The highest BCUT2D eigenvalue weighted by Gasteiger charge is 2.62. The molecule has 314 valence electrons. The molecule has 5 heterocycles. The summed E-state index contributed by atoms with van der Waals surface area (Å²) in [5, 5.41) is 3.18. The molecule has 3 aliphatic heterocycles. The molecule has 3 aromatic rings. The second-order valence-corrected chi connectivity index (χ2v) is 18.9. The number of benzene rings is 1. The van der Waals surface area contributed by atoms with E-state index in [0.717, 1.165) is 44.9 Å².